The van der Waals surface area contributed by atoms with Crippen LogP contribution in [-0.4, -0.2) is 24.3 Å². The number of thiophene rings is 1. The average Bonchev–Trinajstić information content (AvgIpc) is 3.13. The zero-order chi connectivity index (χ0) is 16.8. The fraction of sp³-hybridized carbons (Fsp3) is 0.167. The van der Waals surface area contributed by atoms with Crippen molar-refractivity contribution in [1.29, 1.82) is 0 Å². The minimum atomic E-state index is -3.54. The van der Waals surface area contributed by atoms with E-state index >= 15 is 0 Å². The average molecular weight is 358 g/mol. The first kappa shape index (κ1) is 16.8. The van der Waals surface area contributed by atoms with Crippen molar-refractivity contribution >= 4 is 21.4 Å². The molecule has 0 aliphatic heterocycles. The standard InChI is InChI=1S/C18H18N2O2S2/c21-24(22,18-8-2-1-3-9-18)20(12-10-17-7-5-13-23-17)15-16-6-4-11-19-14-16/h1-9,11,13-14H,10,12,15H2. The fourth-order valence-electron chi connectivity index (χ4n) is 2.41. The van der Waals surface area contributed by atoms with E-state index in [2.05, 4.69) is 4.98 Å². The predicted molar refractivity (Wildman–Crippen MR) is 96.3 cm³/mol. The van der Waals surface area contributed by atoms with E-state index in [1.807, 2.05) is 35.7 Å². The molecule has 0 unspecified atom stereocenters. The molecule has 3 rings (SSSR count). The van der Waals surface area contributed by atoms with E-state index in [9.17, 15) is 8.42 Å². The van der Waals surface area contributed by atoms with E-state index in [4.69, 9.17) is 0 Å². The predicted octanol–water partition coefficient (Wildman–Crippen LogP) is 3.58. The molecule has 0 radical (unpaired) electrons. The Balaban J connectivity index is 1.86. The number of rotatable bonds is 7. The Labute approximate surface area is 146 Å². The maximum Gasteiger partial charge on any atom is 0.243 e. The molecule has 2 aromatic heterocycles. The third kappa shape index (κ3) is 4.08. The Morgan fingerprint density at radius 3 is 2.50 bits per heavy atom. The molecular formula is C18H18N2O2S2. The molecule has 0 atom stereocenters. The molecule has 24 heavy (non-hydrogen) atoms. The van der Waals surface area contributed by atoms with Crippen molar-refractivity contribution in [2.75, 3.05) is 6.54 Å². The lowest BCUT2D eigenvalue weighted by Gasteiger charge is -2.22. The Hall–Kier alpha value is -2.02. The summed E-state index contributed by atoms with van der Waals surface area (Å²) in [5.74, 6) is 0. The molecule has 4 nitrogen and oxygen atoms in total. The highest BCUT2D eigenvalue weighted by Crippen LogP contribution is 2.19. The lowest BCUT2D eigenvalue weighted by Crippen LogP contribution is -2.32. The molecule has 0 amide bonds. The lowest BCUT2D eigenvalue weighted by molar-refractivity contribution is 0.410. The van der Waals surface area contributed by atoms with Crippen molar-refractivity contribution < 1.29 is 8.42 Å². The molecule has 0 spiro atoms. The van der Waals surface area contributed by atoms with Crippen LogP contribution in [0.4, 0.5) is 0 Å². The first-order chi connectivity index (χ1) is 11.7. The summed E-state index contributed by atoms with van der Waals surface area (Å²) in [6, 6.07) is 16.3. The summed E-state index contributed by atoms with van der Waals surface area (Å²) < 4.78 is 27.5. The van der Waals surface area contributed by atoms with Crippen LogP contribution >= 0.6 is 11.3 Å². The molecule has 0 saturated carbocycles. The second kappa shape index (κ2) is 7.70. The lowest BCUT2D eigenvalue weighted by atomic mass is 10.3. The van der Waals surface area contributed by atoms with Crippen LogP contribution in [0.5, 0.6) is 0 Å². The third-order valence-corrected chi connectivity index (χ3v) is 6.45. The third-order valence-electron chi connectivity index (χ3n) is 3.65. The van der Waals surface area contributed by atoms with Crippen molar-refractivity contribution in [3.05, 3.63) is 82.8 Å². The Kier molecular flexibility index (Phi) is 5.40. The number of nitrogens with zero attached hydrogens (tertiary/aromatic N) is 2. The Bertz CT molecular complexity index is 849. The Morgan fingerprint density at radius 2 is 1.83 bits per heavy atom. The van der Waals surface area contributed by atoms with Crippen LogP contribution in [0.25, 0.3) is 0 Å². The maximum atomic E-state index is 13.0. The second-order valence-corrected chi connectivity index (χ2v) is 8.31. The smallest absolute Gasteiger partial charge is 0.243 e. The first-order valence-corrected chi connectivity index (χ1v) is 9.95. The summed E-state index contributed by atoms with van der Waals surface area (Å²) in [5.41, 5.74) is 0.878. The maximum absolute atomic E-state index is 13.0. The molecule has 0 bridgehead atoms. The van der Waals surface area contributed by atoms with Crippen molar-refractivity contribution in [2.24, 2.45) is 0 Å². The van der Waals surface area contributed by atoms with E-state index in [1.165, 1.54) is 9.18 Å². The van der Waals surface area contributed by atoms with Gasteiger partial charge in [-0.2, -0.15) is 4.31 Å². The fourth-order valence-corrected chi connectivity index (χ4v) is 4.56. The summed E-state index contributed by atoms with van der Waals surface area (Å²) in [6.45, 7) is 0.753. The number of aromatic nitrogens is 1. The summed E-state index contributed by atoms with van der Waals surface area (Å²) in [4.78, 5) is 5.58. The molecule has 0 aliphatic rings. The first-order valence-electron chi connectivity index (χ1n) is 7.63. The number of pyridine rings is 1. The number of hydrogen-bond acceptors (Lipinski definition) is 4. The van der Waals surface area contributed by atoms with Crippen molar-refractivity contribution in [3.63, 3.8) is 0 Å². The van der Waals surface area contributed by atoms with Crippen molar-refractivity contribution in [2.45, 2.75) is 17.9 Å². The van der Waals surface area contributed by atoms with Gasteiger partial charge in [0.1, 0.15) is 0 Å². The van der Waals surface area contributed by atoms with Gasteiger partial charge in [0.15, 0.2) is 0 Å². The van der Waals surface area contributed by atoms with Crippen LogP contribution in [0.2, 0.25) is 0 Å². The van der Waals surface area contributed by atoms with Gasteiger partial charge in [-0.3, -0.25) is 4.98 Å². The van der Waals surface area contributed by atoms with Gasteiger partial charge < -0.3 is 0 Å². The molecule has 0 fully saturated rings. The second-order valence-electron chi connectivity index (χ2n) is 5.34. The van der Waals surface area contributed by atoms with Crippen molar-refractivity contribution in [1.82, 2.24) is 9.29 Å². The van der Waals surface area contributed by atoms with Crippen LogP contribution in [0, 0.1) is 0 Å². The monoisotopic (exact) mass is 358 g/mol. The van der Waals surface area contributed by atoms with E-state index in [-0.39, 0.29) is 0 Å². The van der Waals surface area contributed by atoms with Crippen LogP contribution < -0.4 is 0 Å². The molecule has 124 valence electrons. The minimum absolute atomic E-state index is 0.316. The SMILES string of the molecule is O=S(=O)(c1ccccc1)N(CCc1cccs1)Cc1cccnc1. The summed E-state index contributed by atoms with van der Waals surface area (Å²) in [5, 5.41) is 2.01. The summed E-state index contributed by atoms with van der Waals surface area (Å²) in [6.07, 6.45) is 4.09. The zero-order valence-electron chi connectivity index (χ0n) is 13.1. The van der Waals surface area contributed by atoms with Gasteiger partial charge >= 0.3 is 0 Å². The van der Waals surface area contributed by atoms with Crippen LogP contribution in [0.15, 0.2) is 77.3 Å². The van der Waals surface area contributed by atoms with Gasteiger partial charge in [-0.1, -0.05) is 30.3 Å². The highest BCUT2D eigenvalue weighted by Gasteiger charge is 2.24. The molecule has 0 aliphatic carbocycles. The van der Waals surface area contributed by atoms with E-state index in [0.29, 0.717) is 24.4 Å². The molecule has 2 heterocycles. The Morgan fingerprint density at radius 1 is 1.00 bits per heavy atom. The van der Waals surface area contributed by atoms with E-state index < -0.39 is 10.0 Å². The minimum Gasteiger partial charge on any atom is -0.264 e. The van der Waals surface area contributed by atoms with Gasteiger partial charge in [0, 0.05) is 30.4 Å². The molecule has 6 heteroatoms. The van der Waals surface area contributed by atoms with Gasteiger partial charge in [0.2, 0.25) is 10.0 Å². The highest BCUT2D eigenvalue weighted by molar-refractivity contribution is 7.89. The number of hydrogen-bond donors (Lipinski definition) is 0. The number of sulfonamides is 1. The molecular weight excluding hydrogens is 340 g/mol. The van der Waals surface area contributed by atoms with Crippen LogP contribution in [0.3, 0.4) is 0 Å². The topological polar surface area (TPSA) is 50.3 Å². The van der Waals surface area contributed by atoms with Crippen molar-refractivity contribution in [3.8, 4) is 0 Å². The van der Waals surface area contributed by atoms with Gasteiger partial charge in [0.25, 0.3) is 0 Å². The summed E-state index contributed by atoms with van der Waals surface area (Å²) in [7, 11) is -3.54. The van der Waals surface area contributed by atoms with Gasteiger partial charge in [0.05, 0.1) is 4.90 Å². The molecule has 1 aromatic carbocycles. The normalized spacial score (nSPS) is 11.7. The quantitative estimate of drug-likeness (QED) is 0.649. The van der Waals surface area contributed by atoms with Gasteiger partial charge in [-0.15, -0.1) is 11.3 Å². The van der Waals surface area contributed by atoms with E-state index in [0.717, 1.165) is 5.56 Å². The molecule has 3 aromatic rings. The van der Waals surface area contributed by atoms with Gasteiger partial charge in [-0.25, -0.2) is 8.42 Å². The zero-order valence-corrected chi connectivity index (χ0v) is 14.7. The van der Waals surface area contributed by atoms with Gasteiger partial charge in [-0.05, 0) is 41.6 Å². The largest absolute Gasteiger partial charge is 0.264 e. The van der Waals surface area contributed by atoms with Crippen LogP contribution in [0.1, 0.15) is 10.4 Å². The highest BCUT2D eigenvalue weighted by atomic mass is 32.2. The van der Waals surface area contributed by atoms with E-state index in [1.54, 1.807) is 48.0 Å². The molecule has 0 N–H and O–H groups in total. The number of benzene rings is 1. The molecule has 0 saturated heterocycles. The van der Waals surface area contributed by atoms with Crippen LogP contribution in [-0.2, 0) is 23.0 Å². The summed E-state index contributed by atoms with van der Waals surface area (Å²) >= 11 is 1.64.